The summed E-state index contributed by atoms with van der Waals surface area (Å²) in [5.41, 5.74) is 0. The van der Waals surface area contributed by atoms with Crippen LogP contribution in [0.15, 0.2) is 0 Å². The Labute approximate surface area is 162 Å². The van der Waals surface area contributed by atoms with Crippen LogP contribution in [0.3, 0.4) is 0 Å². The van der Waals surface area contributed by atoms with Crippen LogP contribution < -0.4 is 0 Å². The van der Waals surface area contributed by atoms with Gasteiger partial charge in [0.25, 0.3) is 0 Å². The van der Waals surface area contributed by atoms with Gasteiger partial charge in [-0.25, -0.2) is 4.79 Å². The van der Waals surface area contributed by atoms with Gasteiger partial charge >= 0.3 is 5.97 Å². The van der Waals surface area contributed by atoms with Crippen LogP contribution in [-0.2, 0) is 14.6 Å². The van der Waals surface area contributed by atoms with Crippen molar-refractivity contribution >= 4 is 5.97 Å². The fourth-order valence-electron chi connectivity index (χ4n) is 3.28. The highest BCUT2D eigenvalue weighted by Gasteiger charge is 2.18. The lowest BCUT2D eigenvalue weighted by atomic mass is 9.98. The average Bonchev–Trinajstić information content (AvgIpc) is 2.65. The van der Waals surface area contributed by atoms with Gasteiger partial charge in [0, 0.05) is 0 Å². The molecule has 0 saturated carbocycles. The number of hydrogen-bond donors (Lipinski definition) is 1. The highest BCUT2D eigenvalue weighted by atomic mass is 17.2. The van der Waals surface area contributed by atoms with Crippen molar-refractivity contribution in [2.24, 2.45) is 5.92 Å². The van der Waals surface area contributed by atoms with Crippen LogP contribution in [0.5, 0.6) is 0 Å². The first-order chi connectivity index (χ1) is 12.8. The van der Waals surface area contributed by atoms with Crippen LogP contribution in [0, 0.1) is 5.92 Å². The van der Waals surface area contributed by atoms with Crippen molar-refractivity contribution in [2.45, 2.75) is 117 Å². The third-order valence-corrected chi connectivity index (χ3v) is 5.05. The first-order valence-electron chi connectivity index (χ1n) is 11.2. The Balaban J connectivity index is 3.34. The number of carbonyl (C=O) groups excluding carboxylic acids is 1. The molecule has 0 amide bonds. The molecule has 1 N–H and O–H groups in total. The van der Waals surface area contributed by atoms with E-state index in [0.717, 1.165) is 19.3 Å². The van der Waals surface area contributed by atoms with Gasteiger partial charge < -0.3 is 5.11 Å². The molecule has 0 spiro atoms. The molecular weight excluding hydrogens is 328 g/mol. The van der Waals surface area contributed by atoms with Gasteiger partial charge in [-0.3, -0.25) is 4.89 Å². The van der Waals surface area contributed by atoms with Gasteiger partial charge in [-0.15, -0.1) is 0 Å². The Kier molecular flexibility index (Phi) is 20.2. The van der Waals surface area contributed by atoms with E-state index in [2.05, 4.69) is 11.8 Å². The summed E-state index contributed by atoms with van der Waals surface area (Å²) in [4.78, 5) is 21.1. The van der Waals surface area contributed by atoms with Crippen LogP contribution in [0.1, 0.15) is 117 Å². The normalized spacial score (nSPS) is 12.3. The molecule has 0 fully saturated rings. The average molecular weight is 373 g/mol. The molecule has 4 heteroatoms. The van der Waals surface area contributed by atoms with Crippen LogP contribution in [0.4, 0.5) is 0 Å². The van der Waals surface area contributed by atoms with Gasteiger partial charge in [-0.2, -0.15) is 4.89 Å². The van der Waals surface area contributed by atoms with Crippen molar-refractivity contribution < 1.29 is 19.7 Å². The summed E-state index contributed by atoms with van der Waals surface area (Å²) in [7, 11) is 0. The zero-order valence-corrected chi connectivity index (χ0v) is 17.5. The van der Waals surface area contributed by atoms with E-state index in [1.54, 1.807) is 0 Å². The molecular formula is C22H44O4. The minimum Gasteiger partial charge on any atom is -0.394 e. The van der Waals surface area contributed by atoms with Gasteiger partial charge in [0.05, 0.1) is 12.5 Å². The van der Waals surface area contributed by atoms with Crippen molar-refractivity contribution in [1.82, 2.24) is 0 Å². The third-order valence-electron chi connectivity index (χ3n) is 5.05. The predicted molar refractivity (Wildman–Crippen MR) is 108 cm³/mol. The lowest BCUT2D eigenvalue weighted by Gasteiger charge is -2.12. The second kappa shape index (κ2) is 20.7. The molecule has 0 aromatic carbocycles. The molecule has 0 rings (SSSR count). The van der Waals surface area contributed by atoms with Gasteiger partial charge in [0.15, 0.2) is 0 Å². The lowest BCUT2D eigenvalue weighted by Crippen LogP contribution is -2.18. The van der Waals surface area contributed by atoms with E-state index in [4.69, 9.17) is 9.99 Å². The standard InChI is InChI=1S/C22H44O4/c1-3-5-6-7-8-9-10-11-12-13-14-15-16-17-18-21(4-2)22(24)26-25-20-19-23/h21,23H,3-20H2,1-2H3. The minimum absolute atomic E-state index is 0.0427. The van der Waals surface area contributed by atoms with E-state index >= 15 is 0 Å². The summed E-state index contributed by atoms with van der Waals surface area (Å²) < 4.78 is 0. The maximum absolute atomic E-state index is 11.8. The Hall–Kier alpha value is -0.610. The van der Waals surface area contributed by atoms with Crippen LogP contribution in [0.2, 0.25) is 0 Å². The van der Waals surface area contributed by atoms with Crippen molar-refractivity contribution in [3.8, 4) is 0 Å². The predicted octanol–water partition coefficient (Wildman–Crippen LogP) is 6.35. The van der Waals surface area contributed by atoms with E-state index in [1.807, 2.05) is 6.92 Å². The Bertz CT molecular complexity index is 294. The number of aliphatic hydroxyl groups is 1. The Morgan fingerprint density at radius 2 is 1.23 bits per heavy atom. The molecule has 0 radical (unpaired) electrons. The first-order valence-corrected chi connectivity index (χ1v) is 11.2. The van der Waals surface area contributed by atoms with Crippen molar-refractivity contribution in [3.05, 3.63) is 0 Å². The van der Waals surface area contributed by atoms with E-state index < -0.39 is 0 Å². The van der Waals surface area contributed by atoms with Crippen LogP contribution >= 0.6 is 0 Å². The van der Waals surface area contributed by atoms with Crippen LogP contribution in [-0.4, -0.2) is 24.3 Å². The maximum Gasteiger partial charge on any atom is 0.345 e. The van der Waals surface area contributed by atoms with E-state index in [9.17, 15) is 4.79 Å². The molecule has 0 saturated heterocycles. The smallest absolute Gasteiger partial charge is 0.345 e. The number of carbonyl (C=O) groups is 1. The van der Waals surface area contributed by atoms with Crippen LogP contribution in [0.25, 0.3) is 0 Å². The zero-order valence-electron chi connectivity index (χ0n) is 17.5. The highest BCUT2D eigenvalue weighted by molar-refractivity contribution is 5.71. The van der Waals surface area contributed by atoms with Crippen molar-refractivity contribution in [3.63, 3.8) is 0 Å². The van der Waals surface area contributed by atoms with Gasteiger partial charge in [0.1, 0.15) is 6.61 Å². The van der Waals surface area contributed by atoms with Gasteiger partial charge in [-0.1, -0.05) is 104 Å². The third kappa shape index (κ3) is 16.8. The lowest BCUT2D eigenvalue weighted by molar-refractivity contribution is -0.279. The summed E-state index contributed by atoms with van der Waals surface area (Å²) in [6.45, 7) is 4.18. The minimum atomic E-state index is -0.296. The SMILES string of the molecule is CCCCCCCCCCCCCCCCC(CC)C(=O)OOCCO. The molecule has 156 valence electrons. The summed E-state index contributed by atoms with van der Waals surface area (Å²) in [6.07, 6.45) is 20.4. The molecule has 0 heterocycles. The fraction of sp³-hybridized carbons (Fsp3) is 0.955. The molecule has 26 heavy (non-hydrogen) atoms. The topological polar surface area (TPSA) is 55.8 Å². The second-order valence-corrected chi connectivity index (χ2v) is 7.44. The van der Waals surface area contributed by atoms with Gasteiger partial charge in [0.2, 0.25) is 0 Å². The number of hydrogen-bond acceptors (Lipinski definition) is 4. The molecule has 0 aliphatic rings. The summed E-state index contributed by atoms with van der Waals surface area (Å²) in [5, 5.41) is 8.60. The monoisotopic (exact) mass is 372 g/mol. The highest BCUT2D eigenvalue weighted by Crippen LogP contribution is 2.17. The molecule has 4 nitrogen and oxygen atoms in total. The van der Waals surface area contributed by atoms with E-state index in [-0.39, 0.29) is 25.1 Å². The molecule has 0 bridgehead atoms. The molecule has 0 aromatic heterocycles. The first kappa shape index (κ1) is 25.4. The fourth-order valence-corrected chi connectivity index (χ4v) is 3.28. The van der Waals surface area contributed by atoms with Crippen molar-refractivity contribution in [2.75, 3.05) is 13.2 Å². The number of rotatable bonds is 20. The summed E-state index contributed by atoms with van der Waals surface area (Å²) >= 11 is 0. The molecule has 0 aromatic rings. The molecule has 0 aliphatic heterocycles. The summed E-state index contributed by atoms with van der Waals surface area (Å²) in [6, 6.07) is 0. The summed E-state index contributed by atoms with van der Waals surface area (Å²) in [5.74, 6) is -0.373. The van der Waals surface area contributed by atoms with Gasteiger partial charge in [-0.05, 0) is 12.8 Å². The largest absolute Gasteiger partial charge is 0.394 e. The maximum atomic E-state index is 11.8. The van der Waals surface area contributed by atoms with E-state index in [0.29, 0.717) is 0 Å². The quantitative estimate of drug-likeness (QED) is 0.154. The molecule has 1 unspecified atom stereocenters. The molecule has 0 aliphatic carbocycles. The Morgan fingerprint density at radius 3 is 1.65 bits per heavy atom. The van der Waals surface area contributed by atoms with E-state index in [1.165, 1.54) is 83.5 Å². The Morgan fingerprint density at radius 1 is 0.769 bits per heavy atom. The number of aliphatic hydroxyl groups excluding tert-OH is 1. The second-order valence-electron chi connectivity index (χ2n) is 7.44. The number of unbranched alkanes of at least 4 members (excludes halogenated alkanes) is 13. The van der Waals surface area contributed by atoms with Crippen molar-refractivity contribution in [1.29, 1.82) is 0 Å². The zero-order chi connectivity index (χ0) is 19.3. The molecule has 1 atom stereocenters.